The molecule has 3 N–H and O–H groups in total. The first-order valence-electron chi connectivity index (χ1n) is 10.6. The number of β-lactam (4-membered cyclic amide) rings is 1. The van der Waals surface area contributed by atoms with Gasteiger partial charge in [-0.25, -0.2) is 0 Å². The highest BCUT2D eigenvalue weighted by Gasteiger charge is 2.53. The number of rotatable bonds is 11. The number of nitrogens with two attached hydrogens (primary N) is 1. The van der Waals surface area contributed by atoms with E-state index in [0.29, 0.717) is 11.3 Å². The minimum atomic E-state index is -1.44. The van der Waals surface area contributed by atoms with Crippen LogP contribution in [0.2, 0.25) is 0 Å². The van der Waals surface area contributed by atoms with Crippen LogP contribution in [0.25, 0.3) is 0 Å². The third-order valence-corrected chi connectivity index (χ3v) is 7.47. The van der Waals surface area contributed by atoms with Crippen LogP contribution in [-0.2, 0) is 19.2 Å². The molecule has 1 fully saturated rings. The predicted octanol–water partition coefficient (Wildman–Crippen LogP) is -0.782. The van der Waals surface area contributed by atoms with Crippen LogP contribution in [0, 0.1) is 0 Å². The number of hydrogen-bond donors (Lipinski definition) is 2. The van der Waals surface area contributed by atoms with Crippen molar-refractivity contribution in [2.75, 3.05) is 51.5 Å². The minimum Gasteiger partial charge on any atom is -0.543 e. The van der Waals surface area contributed by atoms with Gasteiger partial charge >= 0.3 is 0 Å². The molecule has 0 aromatic carbocycles. The van der Waals surface area contributed by atoms with Gasteiger partial charge in [-0.15, -0.1) is 23.5 Å². The molecule has 15 heteroatoms. The van der Waals surface area contributed by atoms with Crippen molar-refractivity contribution >= 4 is 63.7 Å². The highest BCUT2D eigenvalue weighted by molar-refractivity contribution is 8.02. The van der Waals surface area contributed by atoms with Crippen molar-refractivity contribution in [3.63, 3.8) is 0 Å². The van der Waals surface area contributed by atoms with Crippen LogP contribution in [0.4, 0.5) is 5.13 Å². The van der Waals surface area contributed by atoms with Gasteiger partial charge in [0.05, 0.1) is 39.4 Å². The molecule has 2 aliphatic rings. The number of aromatic nitrogens is 2. The van der Waals surface area contributed by atoms with Crippen molar-refractivity contribution in [3.8, 4) is 0 Å². The van der Waals surface area contributed by atoms with Crippen LogP contribution in [0.3, 0.4) is 0 Å². The Balaban J connectivity index is 1.71. The number of fused-ring (bicyclic) bond motifs is 1. The van der Waals surface area contributed by atoms with Gasteiger partial charge in [0.2, 0.25) is 11.5 Å². The van der Waals surface area contributed by atoms with E-state index >= 15 is 0 Å². The fraction of sp³-hybridized carbons (Fsp3) is 0.500. The molecule has 0 bridgehead atoms. The van der Waals surface area contributed by atoms with Gasteiger partial charge in [0.25, 0.3) is 11.8 Å². The molecule has 0 radical (unpaired) electrons. The summed E-state index contributed by atoms with van der Waals surface area (Å²) in [5.74, 6) is -1.53. The quantitative estimate of drug-likeness (QED) is 0.119. The highest BCUT2D eigenvalue weighted by atomic mass is 32.2. The maximum Gasteiger partial charge on any atom is 0.278 e. The van der Waals surface area contributed by atoms with Crippen molar-refractivity contribution in [2.24, 2.45) is 5.16 Å². The van der Waals surface area contributed by atoms with E-state index in [2.05, 4.69) is 41.0 Å². The fourth-order valence-corrected chi connectivity index (χ4v) is 5.94. The molecule has 12 nitrogen and oxygen atoms in total. The second-order valence-electron chi connectivity index (χ2n) is 8.52. The van der Waals surface area contributed by atoms with Gasteiger partial charge in [0.1, 0.15) is 18.0 Å². The molecule has 2 amide bonds. The lowest BCUT2D eigenvalue weighted by atomic mass is 10.0. The zero-order chi connectivity index (χ0) is 25.8. The summed E-state index contributed by atoms with van der Waals surface area (Å²) in [6.07, 6.45) is 1.71. The third-order valence-electron chi connectivity index (χ3n) is 4.88. The van der Waals surface area contributed by atoms with Gasteiger partial charge in [-0.1, -0.05) is 5.16 Å². The first-order chi connectivity index (χ1) is 16.5. The normalized spacial score (nSPS) is 20.6. The zero-order valence-electron chi connectivity index (χ0n) is 19.7. The SMILES string of the molecule is CCO/N=C(\C(=O)NC1C(=O)N2C(C(=O)[O-])=C(/C=C/SCC[N+](C)(C)C)CS[C@H]12)c1nsc(N)n1. The van der Waals surface area contributed by atoms with Crippen LogP contribution in [-0.4, -0.2) is 99.5 Å². The molecule has 1 aromatic heterocycles. The minimum absolute atomic E-state index is 0.0242. The number of carboxylic acids is 1. The summed E-state index contributed by atoms with van der Waals surface area (Å²) in [6.45, 7) is 2.84. The number of carbonyl (C=O) groups is 3. The van der Waals surface area contributed by atoms with Crippen LogP contribution < -0.4 is 16.2 Å². The highest BCUT2D eigenvalue weighted by Crippen LogP contribution is 2.40. The van der Waals surface area contributed by atoms with Crippen molar-refractivity contribution in [1.82, 2.24) is 19.6 Å². The van der Waals surface area contributed by atoms with Crippen LogP contribution in [0.1, 0.15) is 12.7 Å². The van der Waals surface area contributed by atoms with Gasteiger partial charge < -0.3 is 30.3 Å². The van der Waals surface area contributed by atoms with Crippen LogP contribution in [0.5, 0.6) is 0 Å². The number of quaternary nitrogens is 1. The average Bonchev–Trinajstić information content (AvgIpc) is 3.21. The lowest BCUT2D eigenvalue weighted by molar-refractivity contribution is -0.867. The molecule has 35 heavy (non-hydrogen) atoms. The Hall–Kier alpha value is -2.62. The Morgan fingerprint density at radius 1 is 1.43 bits per heavy atom. The topological polar surface area (TPSA) is 163 Å². The summed E-state index contributed by atoms with van der Waals surface area (Å²) in [7, 11) is 6.29. The Labute approximate surface area is 215 Å². The first-order valence-corrected chi connectivity index (χ1v) is 13.5. The van der Waals surface area contributed by atoms with Crippen molar-refractivity contribution in [1.29, 1.82) is 0 Å². The number of carbonyl (C=O) groups excluding carboxylic acids is 3. The van der Waals surface area contributed by atoms with E-state index in [1.165, 1.54) is 11.8 Å². The van der Waals surface area contributed by atoms with E-state index < -0.39 is 29.2 Å². The summed E-state index contributed by atoms with van der Waals surface area (Å²) in [5, 5.41) is 19.6. The van der Waals surface area contributed by atoms with E-state index in [1.54, 1.807) is 24.8 Å². The molecule has 1 unspecified atom stereocenters. The predicted molar refractivity (Wildman–Crippen MR) is 134 cm³/mol. The Morgan fingerprint density at radius 3 is 2.77 bits per heavy atom. The van der Waals surface area contributed by atoms with E-state index in [-0.39, 0.29) is 29.0 Å². The number of oxime groups is 1. The van der Waals surface area contributed by atoms with Crippen LogP contribution >= 0.6 is 35.1 Å². The van der Waals surface area contributed by atoms with Crippen molar-refractivity contribution in [3.05, 3.63) is 28.6 Å². The number of allylic oxidation sites excluding steroid dienone is 1. The third kappa shape index (κ3) is 6.54. The summed E-state index contributed by atoms with van der Waals surface area (Å²) >= 11 is 3.81. The van der Waals surface area contributed by atoms with Crippen LogP contribution in [0.15, 0.2) is 27.9 Å². The van der Waals surface area contributed by atoms with Crippen molar-refractivity contribution in [2.45, 2.75) is 18.3 Å². The number of anilines is 1. The molecule has 1 saturated heterocycles. The molecule has 0 aliphatic carbocycles. The van der Waals surface area contributed by atoms with Gasteiger partial charge in [-0.2, -0.15) is 9.36 Å². The average molecular weight is 542 g/mol. The molecule has 0 spiro atoms. The number of aliphatic carboxylic acids is 1. The number of nitrogens with zero attached hydrogens (tertiary/aromatic N) is 5. The van der Waals surface area contributed by atoms with E-state index in [9.17, 15) is 19.5 Å². The van der Waals surface area contributed by atoms with Gasteiger partial charge in [-0.3, -0.25) is 14.5 Å². The number of nitrogen functional groups attached to an aromatic ring is 1. The summed E-state index contributed by atoms with van der Waals surface area (Å²) in [6, 6.07) is -0.950. The second kappa shape index (κ2) is 11.4. The summed E-state index contributed by atoms with van der Waals surface area (Å²) in [4.78, 5) is 47.7. The van der Waals surface area contributed by atoms with Gasteiger partial charge in [0.15, 0.2) is 5.13 Å². The molecular weight excluding hydrogens is 514 g/mol. The molecule has 3 heterocycles. The molecule has 2 aliphatic heterocycles. The molecule has 190 valence electrons. The van der Waals surface area contributed by atoms with Gasteiger partial charge in [0, 0.05) is 23.0 Å². The van der Waals surface area contributed by atoms with E-state index in [0.717, 1.165) is 33.2 Å². The molecule has 0 saturated carbocycles. The summed E-state index contributed by atoms with van der Waals surface area (Å²) < 4.78 is 4.79. The fourth-order valence-electron chi connectivity index (χ4n) is 3.14. The lowest BCUT2D eigenvalue weighted by Crippen LogP contribution is -2.71. The maximum absolute atomic E-state index is 12.9. The first kappa shape index (κ1) is 27.0. The largest absolute Gasteiger partial charge is 0.543 e. The van der Waals surface area contributed by atoms with E-state index in [1.807, 2.05) is 5.41 Å². The molecule has 1 aromatic rings. The smallest absolute Gasteiger partial charge is 0.278 e. The second-order valence-corrected chi connectivity index (χ2v) is 11.4. The van der Waals surface area contributed by atoms with Crippen molar-refractivity contribution < 1.29 is 28.8 Å². The Kier molecular flexibility index (Phi) is 8.79. The maximum atomic E-state index is 12.9. The Bertz CT molecular complexity index is 1080. The number of thioether (sulfide) groups is 2. The zero-order valence-corrected chi connectivity index (χ0v) is 22.2. The Morgan fingerprint density at radius 2 is 2.17 bits per heavy atom. The summed E-state index contributed by atoms with van der Waals surface area (Å²) in [5.41, 5.74) is 5.69. The molecule has 2 atom stereocenters. The monoisotopic (exact) mass is 541 g/mol. The lowest BCUT2D eigenvalue weighted by Gasteiger charge is -2.50. The number of carboxylic acid groups (broad SMARTS) is 1. The number of hydrogen-bond acceptors (Lipinski definition) is 12. The molecule has 3 rings (SSSR count). The standard InChI is InChI=1S/C20H27N7O5S3/c1-5-32-24-12(15-23-20(21)35-25-15)16(28)22-13-17(29)26-14(19(30)31)11(10-34-18(13)26)6-8-33-9-7-27(2,3)4/h6,8,13,18H,5,7,9-10H2,1-4H3,(H3-,21,22,23,25,28,30,31)/b8-6+,24-12-/t13?,18-/m1/s1. The van der Waals surface area contributed by atoms with Gasteiger partial charge in [-0.05, 0) is 24.0 Å². The number of nitrogens with one attached hydrogen (secondary N) is 1. The van der Waals surface area contributed by atoms with E-state index in [4.69, 9.17) is 10.6 Å². The number of amides is 2. The molecular formula is C20H27N7O5S3.